The van der Waals surface area contributed by atoms with Gasteiger partial charge in [0, 0.05) is 25.8 Å². The Kier molecular flexibility index (Phi) is 4.79. The zero-order valence-electron chi connectivity index (χ0n) is 11.6. The third kappa shape index (κ3) is 3.39. The smallest absolute Gasteiger partial charge is 0.306 e. The van der Waals surface area contributed by atoms with Crippen molar-refractivity contribution in [3.05, 3.63) is 24.0 Å². The summed E-state index contributed by atoms with van der Waals surface area (Å²) in [7, 11) is 0. The monoisotopic (exact) mass is 280 g/mol. The van der Waals surface area contributed by atoms with E-state index in [4.69, 9.17) is 9.84 Å². The van der Waals surface area contributed by atoms with Crippen LogP contribution in [-0.4, -0.2) is 52.3 Å². The van der Waals surface area contributed by atoms with E-state index in [1.54, 1.807) is 11.0 Å². The summed E-state index contributed by atoms with van der Waals surface area (Å²) in [6.07, 6.45) is 2.37. The van der Waals surface area contributed by atoms with Crippen LogP contribution in [0.5, 0.6) is 0 Å². The predicted octanol–water partition coefficient (Wildman–Crippen LogP) is 1.21. The quantitative estimate of drug-likeness (QED) is 0.880. The normalized spacial score (nSPS) is 19.1. The van der Waals surface area contributed by atoms with Gasteiger partial charge in [-0.15, -0.1) is 0 Å². The van der Waals surface area contributed by atoms with Gasteiger partial charge in [-0.2, -0.15) is 0 Å². The first-order chi connectivity index (χ1) is 9.61. The van der Waals surface area contributed by atoms with Crippen molar-refractivity contribution >= 4 is 11.9 Å². The van der Waals surface area contributed by atoms with Gasteiger partial charge in [0.05, 0.1) is 19.1 Å². The average Bonchev–Trinajstić information content (AvgIpc) is 2.86. The highest BCUT2D eigenvalue weighted by molar-refractivity contribution is 5.92. The standard InChI is InChI=1S/C14H20N2O4/c1-2-5-15-6-3-4-12(15)14(19)16-7-8-20-11(10-16)9-13(17)18/h3-4,6,11H,2,5,7-10H2,1H3,(H,17,18). The Morgan fingerprint density at radius 2 is 2.30 bits per heavy atom. The van der Waals surface area contributed by atoms with Crippen LogP contribution in [0.2, 0.25) is 0 Å². The maximum absolute atomic E-state index is 12.5. The largest absolute Gasteiger partial charge is 0.481 e. The summed E-state index contributed by atoms with van der Waals surface area (Å²) in [4.78, 5) is 24.9. The molecule has 1 fully saturated rings. The molecule has 6 heteroatoms. The molecule has 1 amide bonds. The van der Waals surface area contributed by atoms with Crippen molar-refractivity contribution in [2.24, 2.45) is 0 Å². The number of hydrogen-bond acceptors (Lipinski definition) is 3. The molecule has 1 atom stereocenters. The maximum atomic E-state index is 12.5. The highest BCUT2D eigenvalue weighted by Gasteiger charge is 2.27. The number of aryl methyl sites for hydroxylation is 1. The fourth-order valence-electron chi connectivity index (χ4n) is 2.43. The molecule has 1 aromatic rings. The molecule has 6 nitrogen and oxygen atoms in total. The Labute approximate surface area is 117 Å². The van der Waals surface area contributed by atoms with Crippen molar-refractivity contribution in [2.75, 3.05) is 19.7 Å². The van der Waals surface area contributed by atoms with E-state index in [2.05, 4.69) is 6.92 Å². The molecular weight excluding hydrogens is 260 g/mol. The number of carbonyl (C=O) groups excluding carboxylic acids is 1. The number of hydrogen-bond donors (Lipinski definition) is 1. The van der Waals surface area contributed by atoms with Crippen LogP contribution < -0.4 is 0 Å². The van der Waals surface area contributed by atoms with Crippen LogP contribution in [0.25, 0.3) is 0 Å². The van der Waals surface area contributed by atoms with Crippen LogP contribution in [0.4, 0.5) is 0 Å². The third-order valence-electron chi connectivity index (χ3n) is 3.34. The predicted molar refractivity (Wildman–Crippen MR) is 72.6 cm³/mol. The van der Waals surface area contributed by atoms with Crippen molar-refractivity contribution in [2.45, 2.75) is 32.4 Å². The number of carboxylic acids is 1. The van der Waals surface area contributed by atoms with Crippen LogP contribution in [-0.2, 0) is 16.1 Å². The summed E-state index contributed by atoms with van der Waals surface area (Å²) in [6, 6.07) is 3.66. The topological polar surface area (TPSA) is 71.8 Å². The Morgan fingerprint density at radius 1 is 1.50 bits per heavy atom. The zero-order chi connectivity index (χ0) is 14.5. The van der Waals surface area contributed by atoms with Gasteiger partial charge >= 0.3 is 5.97 Å². The van der Waals surface area contributed by atoms with Crippen molar-refractivity contribution in [3.8, 4) is 0 Å². The van der Waals surface area contributed by atoms with Crippen LogP contribution >= 0.6 is 0 Å². The molecule has 0 aromatic carbocycles. The maximum Gasteiger partial charge on any atom is 0.306 e. The second-order valence-electron chi connectivity index (χ2n) is 4.93. The molecule has 0 radical (unpaired) electrons. The van der Waals surface area contributed by atoms with E-state index in [0.29, 0.717) is 25.4 Å². The molecule has 20 heavy (non-hydrogen) atoms. The number of nitrogens with zero attached hydrogens (tertiary/aromatic N) is 2. The van der Waals surface area contributed by atoms with Crippen LogP contribution in [0, 0.1) is 0 Å². The first-order valence-electron chi connectivity index (χ1n) is 6.89. The van der Waals surface area contributed by atoms with Crippen molar-refractivity contribution < 1.29 is 19.4 Å². The van der Waals surface area contributed by atoms with Gasteiger partial charge in [-0.25, -0.2) is 0 Å². The summed E-state index contributed by atoms with van der Waals surface area (Å²) < 4.78 is 7.32. The highest BCUT2D eigenvalue weighted by atomic mass is 16.5. The van der Waals surface area contributed by atoms with Gasteiger partial charge in [-0.1, -0.05) is 6.92 Å². The number of aromatic nitrogens is 1. The zero-order valence-corrected chi connectivity index (χ0v) is 11.6. The minimum atomic E-state index is -0.904. The van der Waals surface area contributed by atoms with Crippen molar-refractivity contribution in [3.63, 3.8) is 0 Å². The molecule has 1 aromatic heterocycles. The molecule has 1 aliphatic heterocycles. The van der Waals surface area contributed by atoms with Gasteiger partial charge < -0.3 is 19.3 Å². The number of ether oxygens (including phenoxy) is 1. The summed E-state index contributed by atoms with van der Waals surface area (Å²) in [5, 5.41) is 8.80. The first kappa shape index (κ1) is 14.6. The highest BCUT2D eigenvalue weighted by Crippen LogP contribution is 2.14. The molecule has 2 rings (SSSR count). The molecule has 1 N–H and O–H groups in total. The molecule has 0 aliphatic carbocycles. The molecule has 1 saturated heterocycles. The molecule has 2 heterocycles. The van der Waals surface area contributed by atoms with E-state index in [-0.39, 0.29) is 12.3 Å². The van der Waals surface area contributed by atoms with E-state index >= 15 is 0 Å². The Morgan fingerprint density at radius 3 is 3.00 bits per heavy atom. The lowest BCUT2D eigenvalue weighted by Crippen LogP contribution is -2.46. The van der Waals surface area contributed by atoms with E-state index < -0.39 is 12.1 Å². The van der Waals surface area contributed by atoms with Crippen LogP contribution in [0.3, 0.4) is 0 Å². The van der Waals surface area contributed by atoms with Crippen LogP contribution in [0.1, 0.15) is 30.3 Å². The molecule has 0 bridgehead atoms. The fourth-order valence-corrected chi connectivity index (χ4v) is 2.43. The van der Waals surface area contributed by atoms with Crippen molar-refractivity contribution in [1.29, 1.82) is 0 Å². The summed E-state index contributed by atoms with van der Waals surface area (Å²) in [5.74, 6) is -0.958. The van der Waals surface area contributed by atoms with Gasteiger partial charge in [0.15, 0.2) is 0 Å². The lowest BCUT2D eigenvalue weighted by atomic mass is 10.2. The van der Waals surface area contributed by atoms with E-state index in [9.17, 15) is 9.59 Å². The van der Waals surface area contributed by atoms with E-state index in [1.807, 2.05) is 16.8 Å². The number of morpholine rings is 1. The average molecular weight is 280 g/mol. The number of rotatable bonds is 5. The molecule has 1 aliphatic rings. The molecule has 1 unspecified atom stereocenters. The van der Waals surface area contributed by atoms with Gasteiger partial charge in [-0.05, 0) is 18.6 Å². The summed E-state index contributed by atoms with van der Waals surface area (Å²) in [6.45, 7) is 4.09. The van der Waals surface area contributed by atoms with Gasteiger partial charge in [-0.3, -0.25) is 9.59 Å². The SMILES string of the molecule is CCCn1cccc1C(=O)N1CCOC(CC(=O)O)C1. The second kappa shape index (κ2) is 6.56. The minimum Gasteiger partial charge on any atom is -0.481 e. The van der Waals surface area contributed by atoms with Crippen LogP contribution in [0.15, 0.2) is 18.3 Å². The number of amides is 1. The second-order valence-corrected chi connectivity index (χ2v) is 4.93. The third-order valence-corrected chi connectivity index (χ3v) is 3.34. The van der Waals surface area contributed by atoms with E-state index in [0.717, 1.165) is 13.0 Å². The molecule has 0 saturated carbocycles. The van der Waals surface area contributed by atoms with Gasteiger partial charge in [0.1, 0.15) is 5.69 Å². The molecular formula is C14H20N2O4. The lowest BCUT2D eigenvalue weighted by Gasteiger charge is -2.32. The number of carboxylic acid groups (broad SMARTS) is 1. The van der Waals surface area contributed by atoms with Crippen molar-refractivity contribution in [1.82, 2.24) is 9.47 Å². The van der Waals surface area contributed by atoms with Gasteiger partial charge in [0.2, 0.25) is 0 Å². The number of carbonyl (C=O) groups is 2. The lowest BCUT2D eigenvalue weighted by molar-refractivity contribution is -0.141. The molecule has 0 spiro atoms. The molecule has 110 valence electrons. The first-order valence-corrected chi connectivity index (χ1v) is 6.89. The summed E-state index contributed by atoms with van der Waals surface area (Å²) >= 11 is 0. The summed E-state index contributed by atoms with van der Waals surface area (Å²) in [5.41, 5.74) is 0.655. The number of aliphatic carboxylic acids is 1. The Balaban J connectivity index is 2.04. The Hall–Kier alpha value is -1.82. The fraction of sp³-hybridized carbons (Fsp3) is 0.571. The Bertz CT molecular complexity index is 483. The minimum absolute atomic E-state index is 0.0536. The van der Waals surface area contributed by atoms with Gasteiger partial charge in [0.25, 0.3) is 5.91 Å². The van der Waals surface area contributed by atoms with E-state index in [1.165, 1.54) is 0 Å².